The van der Waals surface area contributed by atoms with E-state index in [2.05, 4.69) is 0 Å². The first-order chi connectivity index (χ1) is 9.06. The zero-order valence-electron chi connectivity index (χ0n) is 11.6. The molecule has 1 aromatic rings. The Balaban J connectivity index is 2.70. The van der Waals surface area contributed by atoms with Crippen molar-refractivity contribution in [3.63, 3.8) is 0 Å². The van der Waals surface area contributed by atoms with Crippen LogP contribution in [0.25, 0.3) is 0 Å². The van der Waals surface area contributed by atoms with Crippen molar-refractivity contribution in [1.82, 2.24) is 0 Å². The standard InChI is InChI=1S/C14H21NO4/c1-4-18-13-8-11(7-12(15)9-13)14(16)19-10(2)5-6-17-3/h7-10H,4-6,15H2,1-3H3. The van der Waals surface area contributed by atoms with E-state index in [9.17, 15) is 4.79 Å². The van der Waals surface area contributed by atoms with Gasteiger partial charge >= 0.3 is 5.97 Å². The van der Waals surface area contributed by atoms with Crippen molar-refractivity contribution in [1.29, 1.82) is 0 Å². The Morgan fingerprint density at radius 3 is 2.74 bits per heavy atom. The molecule has 1 aromatic carbocycles. The number of carbonyl (C=O) groups excluding carboxylic acids is 1. The molecule has 0 aliphatic carbocycles. The number of rotatable bonds is 7. The molecule has 2 N–H and O–H groups in total. The number of carbonyl (C=O) groups is 1. The van der Waals surface area contributed by atoms with Crippen molar-refractivity contribution in [2.75, 3.05) is 26.1 Å². The van der Waals surface area contributed by atoms with Crippen molar-refractivity contribution in [2.45, 2.75) is 26.4 Å². The Morgan fingerprint density at radius 2 is 2.11 bits per heavy atom. The zero-order chi connectivity index (χ0) is 14.3. The average Bonchev–Trinajstić information content (AvgIpc) is 2.36. The number of nitrogen functional groups attached to an aromatic ring is 1. The van der Waals surface area contributed by atoms with E-state index in [1.807, 2.05) is 13.8 Å². The van der Waals surface area contributed by atoms with E-state index in [-0.39, 0.29) is 6.10 Å². The third-order valence-electron chi connectivity index (χ3n) is 2.51. The molecule has 0 aromatic heterocycles. The summed E-state index contributed by atoms with van der Waals surface area (Å²) < 4.78 is 15.6. The van der Waals surface area contributed by atoms with Crippen LogP contribution in [0.3, 0.4) is 0 Å². The molecule has 1 unspecified atom stereocenters. The van der Waals surface area contributed by atoms with Crippen LogP contribution >= 0.6 is 0 Å². The SMILES string of the molecule is CCOc1cc(N)cc(C(=O)OC(C)CCOC)c1. The van der Waals surface area contributed by atoms with E-state index < -0.39 is 5.97 Å². The highest BCUT2D eigenvalue weighted by molar-refractivity contribution is 5.91. The maximum Gasteiger partial charge on any atom is 0.338 e. The molecule has 0 saturated heterocycles. The maximum atomic E-state index is 12.0. The molecule has 5 heteroatoms. The van der Waals surface area contributed by atoms with Crippen molar-refractivity contribution < 1.29 is 19.0 Å². The summed E-state index contributed by atoms with van der Waals surface area (Å²) in [5.41, 5.74) is 6.60. The van der Waals surface area contributed by atoms with Gasteiger partial charge in [0.15, 0.2) is 0 Å². The van der Waals surface area contributed by atoms with Gasteiger partial charge in [0.25, 0.3) is 0 Å². The monoisotopic (exact) mass is 267 g/mol. The number of esters is 1. The highest BCUT2D eigenvalue weighted by atomic mass is 16.5. The number of hydrogen-bond acceptors (Lipinski definition) is 5. The lowest BCUT2D eigenvalue weighted by Crippen LogP contribution is -2.17. The normalized spacial score (nSPS) is 11.9. The van der Waals surface area contributed by atoms with Gasteiger partial charge in [-0.05, 0) is 26.0 Å². The van der Waals surface area contributed by atoms with Gasteiger partial charge in [0, 0.05) is 31.9 Å². The molecule has 0 aliphatic heterocycles. The van der Waals surface area contributed by atoms with E-state index in [0.29, 0.717) is 36.6 Å². The first kappa shape index (κ1) is 15.3. The summed E-state index contributed by atoms with van der Waals surface area (Å²) in [5.74, 6) is 0.163. The highest BCUT2D eigenvalue weighted by Crippen LogP contribution is 2.20. The lowest BCUT2D eigenvalue weighted by atomic mass is 10.2. The molecule has 0 amide bonds. The minimum Gasteiger partial charge on any atom is -0.494 e. The van der Waals surface area contributed by atoms with E-state index in [4.69, 9.17) is 19.9 Å². The molecular formula is C14H21NO4. The van der Waals surface area contributed by atoms with Gasteiger partial charge in [0.05, 0.1) is 12.2 Å². The van der Waals surface area contributed by atoms with Crippen LogP contribution in [0.2, 0.25) is 0 Å². The average molecular weight is 267 g/mol. The fourth-order valence-electron chi connectivity index (χ4n) is 1.58. The fourth-order valence-corrected chi connectivity index (χ4v) is 1.58. The van der Waals surface area contributed by atoms with Crippen LogP contribution in [-0.2, 0) is 9.47 Å². The van der Waals surface area contributed by atoms with E-state index >= 15 is 0 Å². The van der Waals surface area contributed by atoms with Gasteiger partial charge in [-0.15, -0.1) is 0 Å². The topological polar surface area (TPSA) is 70.8 Å². The fraction of sp³-hybridized carbons (Fsp3) is 0.500. The van der Waals surface area contributed by atoms with Gasteiger partial charge in [-0.1, -0.05) is 0 Å². The molecule has 5 nitrogen and oxygen atoms in total. The molecule has 0 radical (unpaired) electrons. The molecular weight excluding hydrogens is 246 g/mol. The first-order valence-electron chi connectivity index (χ1n) is 6.30. The van der Waals surface area contributed by atoms with Crippen LogP contribution in [0.15, 0.2) is 18.2 Å². The lowest BCUT2D eigenvalue weighted by molar-refractivity contribution is 0.0266. The molecule has 106 valence electrons. The summed E-state index contributed by atoms with van der Waals surface area (Å²) in [7, 11) is 1.61. The number of anilines is 1. The molecule has 1 atom stereocenters. The predicted molar refractivity (Wildman–Crippen MR) is 73.4 cm³/mol. The Labute approximate surface area is 113 Å². The Morgan fingerprint density at radius 1 is 1.37 bits per heavy atom. The molecule has 0 spiro atoms. The number of benzene rings is 1. The van der Waals surface area contributed by atoms with E-state index in [0.717, 1.165) is 0 Å². The minimum absolute atomic E-state index is 0.204. The summed E-state index contributed by atoms with van der Waals surface area (Å²) in [6.07, 6.45) is 0.451. The lowest BCUT2D eigenvalue weighted by Gasteiger charge is -2.13. The third kappa shape index (κ3) is 5.18. The van der Waals surface area contributed by atoms with Gasteiger partial charge in [-0.25, -0.2) is 4.79 Å². The van der Waals surface area contributed by atoms with Crippen LogP contribution in [-0.4, -0.2) is 32.4 Å². The maximum absolute atomic E-state index is 12.0. The van der Waals surface area contributed by atoms with Crippen LogP contribution in [0.1, 0.15) is 30.6 Å². The number of nitrogens with two attached hydrogens (primary N) is 1. The Kier molecular flexibility index (Phi) is 6.15. The van der Waals surface area contributed by atoms with Crippen molar-refractivity contribution in [2.24, 2.45) is 0 Å². The number of ether oxygens (including phenoxy) is 3. The third-order valence-corrected chi connectivity index (χ3v) is 2.51. The second-order valence-electron chi connectivity index (χ2n) is 4.22. The Hall–Kier alpha value is -1.75. The summed E-state index contributed by atoms with van der Waals surface area (Å²) in [6, 6.07) is 4.88. The summed E-state index contributed by atoms with van der Waals surface area (Å²) in [4.78, 5) is 12.0. The summed E-state index contributed by atoms with van der Waals surface area (Å²) >= 11 is 0. The highest BCUT2D eigenvalue weighted by Gasteiger charge is 2.13. The van der Waals surface area contributed by atoms with Gasteiger partial charge in [-0.2, -0.15) is 0 Å². The zero-order valence-corrected chi connectivity index (χ0v) is 11.6. The van der Waals surface area contributed by atoms with E-state index in [1.54, 1.807) is 25.3 Å². The summed E-state index contributed by atoms with van der Waals surface area (Å²) in [6.45, 7) is 4.76. The molecule has 0 fully saturated rings. The predicted octanol–water partition coefficient (Wildman–Crippen LogP) is 2.25. The van der Waals surface area contributed by atoms with E-state index in [1.165, 1.54) is 0 Å². The molecule has 0 aliphatic rings. The Bertz CT molecular complexity index is 420. The van der Waals surface area contributed by atoms with Crippen molar-refractivity contribution in [3.05, 3.63) is 23.8 Å². The van der Waals surface area contributed by atoms with Crippen molar-refractivity contribution >= 4 is 11.7 Å². The van der Waals surface area contributed by atoms with Gasteiger partial charge in [0.2, 0.25) is 0 Å². The molecule has 1 rings (SSSR count). The van der Waals surface area contributed by atoms with Crippen LogP contribution in [0.4, 0.5) is 5.69 Å². The van der Waals surface area contributed by atoms with Crippen LogP contribution in [0, 0.1) is 0 Å². The molecule has 0 bridgehead atoms. The summed E-state index contributed by atoms with van der Waals surface area (Å²) in [5, 5.41) is 0. The van der Waals surface area contributed by atoms with Gasteiger partial charge < -0.3 is 19.9 Å². The van der Waals surface area contributed by atoms with Crippen molar-refractivity contribution in [3.8, 4) is 5.75 Å². The first-order valence-corrected chi connectivity index (χ1v) is 6.30. The van der Waals surface area contributed by atoms with Gasteiger partial charge in [0.1, 0.15) is 11.9 Å². The molecule has 0 saturated carbocycles. The van der Waals surface area contributed by atoms with Crippen LogP contribution < -0.4 is 10.5 Å². The minimum atomic E-state index is -0.406. The molecule has 19 heavy (non-hydrogen) atoms. The second kappa shape index (κ2) is 7.63. The smallest absolute Gasteiger partial charge is 0.338 e. The number of hydrogen-bond donors (Lipinski definition) is 1. The number of methoxy groups -OCH3 is 1. The van der Waals surface area contributed by atoms with Gasteiger partial charge in [-0.3, -0.25) is 0 Å². The quantitative estimate of drug-likeness (QED) is 0.606. The largest absolute Gasteiger partial charge is 0.494 e. The molecule has 0 heterocycles. The second-order valence-corrected chi connectivity index (χ2v) is 4.22. The van der Waals surface area contributed by atoms with Crippen LogP contribution in [0.5, 0.6) is 5.75 Å².